The minimum Gasteiger partial charge on any atom is -0.507 e. The van der Waals surface area contributed by atoms with Crippen LogP contribution in [-0.2, 0) is 44.4 Å². The van der Waals surface area contributed by atoms with E-state index in [-0.39, 0.29) is 59.1 Å². The zero-order valence-electron chi connectivity index (χ0n) is 31.5. The number of Topliss-reactive ketones (excluding diaryl/α,β-unsaturated/α-hetero) is 2. The van der Waals surface area contributed by atoms with Crippen LogP contribution in [0.2, 0.25) is 0 Å². The molecule has 4 unspecified atom stereocenters. The zero-order valence-corrected chi connectivity index (χ0v) is 31.5. The van der Waals surface area contributed by atoms with E-state index in [1.54, 1.807) is 39.8 Å². The van der Waals surface area contributed by atoms with Gasteiger partial charge in [-0.15, -0.1) is 0 Å². The minimum atomic E-state index is -1.76. The Labute approximate surface area is 312 Å². The zero-order chi connectivity index (χ0) is 39.8. The van der Waals surface area contributed by atoms with Crippen molar-refractivity contribution in [3.05, 3.63) is 28.8 Å². The topological polar surface area (TPSA) is 237 Å². The van der Waals surface area contributed by atoms with Gasteiger partial charge in [-0.2, -0.15) is 0 Å². The third-order valence-electron chi connectivity index (χ3n) is 10.6. The molecule has 3 aliphatic rings. The second-order valence-electron chi connectivity index (χ2n) is 14.4. The molecule has 0 saturated carbocycles. The first-order valence-corrected chi connectivity index (χ1v) is 18.2. The largest absolute Gasteiger partial charge is 0.507 e. The van der Waals surface area contributed by atoms with E-state index in [4.69, 9.17) is 33.2 Å². The molecule has 16 nitrogen and oxygen atoms in total. The summed E-state index contributed by atoms with van der Waals surface area (Å²) >= 11 is 0. The Balaban J connectivity index is 1.42. The maximum absolute atomic E-state index is 13.9. The van der Waals surface area contributed by atoms with Crippen molar-refractivity contribution in [3.8, 4) is 17.2 Å². The highest BCUT2D eigenvalue weighted by molar-refractivity contribution is 6.11. The maximum Gasteiger partial charge on any atom is 0.306 e. The molecule has 2 aromatic rings. The second kappa shape index (κ2) is 17.1. The van der Waals surface area contributed by atoms with Gasteiger partial charge < -0.3 is 63.8 Å². The SMILES string of the molecule is CCCC(=O)O[C@H](C)[C@H](O)C(=O)[C@@H](OC)[C@@H]1Cc2cc3cc(O[C@H]4CC(O[C@H]5CC(O)[C@H](O)C(C)O5)[C@H](O)C(C)O4)c(C)c(O)c3c(O)c2C(=O)[C@H]1OC. The summed E-state index contributed by atoms with van der Waals surface area (Å²) in [5, 5.41) is 65.1. The molecule has 16 heteroatoms. The predicted octanol–water partition coefficient (Wildman–Crippen LogP) is 1.72. The van der Waals surface area contributed by atoms with E-state index < -0.39 is 103 Å². The third kappa shape index (κ3) is 8.22. The number of aliphatic hydroxyl groups is 4. The number of ether oxygens (including phenoxy) is 7. The molecule has 0 amide bonds. The van der Waals surface area contributed by atoms with Crippen LogP contribution in [0.4, 0.5) is 0 Å². The summed E-state index contributed by atoms with van der Waals surface area (Å²) in [7, 11) is 2.52. The first-order valence-electron chi connectivity index (χ1n) is 18.2. The molecule has 13 atom stereocenters. The Morgan fingerprint density at radius 2 is 1.65 bits per heavy atom. The number of carbonyl (C=O) groups is 3. The molecule has 2 heterocycles. The number of hydrogen-bond donors (Lipinski definition) is 6. The van der Waals surface area contributed by atoms with Crippen LogP contribution in [0.1, 0.15) is 74.9 Å². The number of esters is 1. The van der Waals surface area contributed by atoms with E-state index in [0.717, 1.165) is 0 Å². The highest BCUT2D eigenvalue weighted by Gasteiger charge is 2.47. The Morgan fingerprint density at radius 1 is 0.981 bits per heavy atom. The van der Waals surface area contributed by atoms with E-state index in [2.05, 4.69) is 0 Å². The van der Waals surface area contributed by atoms with E-state index >= 15 is 0 Å². The number of aliphatic hydroxyl groups excluding tert-OH is 4. The highest BCUT2D eigenvalue weighted by Crippen LogP contribution is 2.46. The summed E-state index contributed by atoms with van der Waals surface area (Å²) < 4.78 is 40.1. The van der Waals surface area contributed by atoms with Gasteiger partial charge in [-0.25, -0.2) is 0 Å². The van der Waals surface area contributed by atoms with Gasteiger partial charge in [0.25, 0.3) is 0 Å². The van der Waals surface area contributed by atoms with Gasteiger partial charge in [0.2, 0.25) is 6.29 Å². The number of rotatable bonds is 13. The lowest BCUT2D eigenvalue weighted by atomic mass is 9.75. The summed E-state index contributed by atoms with van der Waals surface area (Å²) in [6.07, 6.45) is -12.4. The van der Waals surface area contributed by atoms with Gasteiger partial charge in [0.05, 0.1) is 35.4 Å². The number of benzene rings is 2. The van der Waals surface area contributed by atoms with E-state index in [0.29, 0.717) is 12.0 Å². The first kappa shape index (κ1) is 41.7. The van der Waals surface area contributed by atoms with Crippen LogP contribution in [0.15, 0.2) is 12.1 Å². The summed E-state index contributed by atoms with van der Waals surface area (Å²) in [6, 6.07) is 3.14. The molecule has 2 aromatic carbocycles. The van der Waals surface area contributed by atoms with Crippen molar-refractivity contribution in [2.24, 2.45) is 5.92 Å². The number of carbonyl (C=O) groups excluding carboxylic acids is 3. The Bertz CT molecular complexity index is 1680. The van der Waals surface area contributed by atoms with Crippen molar-refractivity contribution >= 4 is 28.3 Å². The number of fused-ring (bicyclic) bond motifs is 2. The minimum absolute atomic E-state index is 0.0110. The number of aromatic hydroxyl groups is 2. The average molecular weight is 765 g/mol. The van der Waals surface area contributed by atoms with Crippen molar-refractivity contribution in [2.45, 2.75) is 140 Å². The molecule has 0 aromatic heterocycles. The van der Waals surface area contributed by atoms with Crippen molar-refractivity contribution in [1.82, 2.24) is 0 Å². The molecule has 5 rings (SSSR count). The fraction of sp³-hybridized carbons (Fsp3) is 0.658. The summed E-state index contributed by atoms with van der Waals surface area (Å²) in [4.78, 5) is 39.5. The van der Waals surface area contributed by atoms with Crippen LogP contribution in [0, 0.1) is 12.8 Å². The molecule has 0 bridgehead atoms. The number of ketones is 2. The number of phenolic OH excluding ortho intramolecular Hbond substituents is 2. The predicted molar refractivity (Wildman–Crippen MR) is 188 cm³/mol. The van der Waals surface area contributed by atoms with Gasteiger partial charge in [0, 0.05) is 45.0 Å². The van der Waals surface area contributed by atoms with Gasteiger partial charge in [0.15, 0.2) is 24.0 Å². The van der Waals surface area contributed by atoms with Gasteiger partial charge in [-0.1, -0.05) is 6.92 Å². The van der Waals surface area contributed by atoms with Crippen LogP contribution in [0.5, 0.6) is 17.2 Å². The molecule has 0 radical (unpaired) electrons. The van der Waals surface area contributed by atoms with E-state index in [1.165, 1.54) is 21.1 Å². The Morgan fingerprint density at radius 3 is 2.28 bits per heavy atom. The molecule has 1 aliphatic carbocycles. The first-order chi connectivity index (χ1) is 25.5. The van der Waals surface area contributed by atoms with Crippen LogP contribution in [-0.4, -0.2) is 136 Å². The van der Waals surface area contributed by atoms with Gasteiger partial charge in [-0.3, -0.25) is 14.4 Å². The summed E-state index contributed by atoms with van der Waals surface area (Å²) in [5.74, 6) is -3.72. The van der Waals surface area contributed by atoms with Gasteiger partial charge in [-0.05, 0) is 63.6 Å². The average Bonchev–Trinajstić information content (AvgIpc) is 3.11. The number of hydrogen-bond acceptors (Lipinski definition) is 16. The molecule has 2 aliphatic heterocycles. The van der Waals surface area contributed by atoms with Gasteiger partial charge in [0.1, 0.15) is 47.8 Å². The molecule has 54 heavy (non-hydrogen) atoms. The van der Waals surface area contributed by atoms with Crippen LogP contribution < -0.4 is 4.74 Å². The quantitative estimate of drug-likeness (QED) is 0.159. The van der Waals surface area contributed by atoms with E-state index in [9.17, 15) is 45.0 Å². The lowest BCUT2D eigenvalue weighted by Gasteiger charge is -2.41. The van der Waals surface area contributed by atoms with Crippen molar-refractivity contribution in [3.63, 3.8) is 0 Å². The standard InChI is InChI=1S/C38H52O16/c1-8-9-25(40)50-18(5)33(44)36(47)38(49-7)21-11-19-10-20-12-23(15(2)30(41)28(20)34(45)29(19)35(46)37(21)48-6)53-27-14-24(32(43)17(4)52-27)54-26-13-22(39)31(42)16(3)51-26/h10,12,16-18,21-22,24,26-27,31-33,37-39,41-45H,8-9,11,13-14H2,1-7H3/t16?,17?,18-,21-,22?,24?,26+,27+,31-,32-,33+,37+,38+/m1/s1. The second-order valence-corrected chi connectivity index (χ2v) is 14.4. The van der Waals surface area contributed by atoms with Crippen LogP contribution in [0.3, 0.4) is 0 Å². The lowest BCUT2D eigenvalue weighted by Crippen LogP contribution is -2.53. The fourth-order valence-electron chi connectivity index (χ4n) is 7.57. The number of phenols is 2. The van der Waals surface area contributed by atoms with Crippen LogP contribution in [0.25, 0.3) is 10.8 Å². The molecule has 0 spiro atoms. The molecule has 300 valence electrons. The molecular weight excluding hydrogens is 712 g/mol. The van der Waals surface area contributed by atoms with E-state index in [1.807, 2.05) is 0 Å². The molecule has 2 fully saturated rings. The monoisotopic (exact) mass is 764 g/mol. The normalized spacial score (nSPS) is 31.7. The maximum atomic E-state index is 13.9. The smallest absolute Gasteiger partial charge is 0.306 e. The van der Waals surface area contributed by atoms with Crippen molar-refractivity contribution < 1.29 is 78.2 Å². The van der Waals surface area contributed by atoms with Crippen molar-refractivity contribution in [1.29, 1.82) is 0 Å². The Hall–Kier alpha value is -3.45. The highest BCUT2D eigenvalue weighted by atomic mass is 16.7. The number of methoxy groups -OCH3 is 2. The lowest BCUT2D eigenvalue weighted by molar-refractivity contribution is -0.298. The summed E-state index contributed by atoms with van der Waals surface area (Å²) in [6.45, 7) is 7.95. The summed E-state index contributed by atoms with van der Waals surface area (Å²) in [5.41, 5.74) is 0.433. The van der Waals surface area contributed by atoms with Crippen LogP contribution >= 0.6 is 0 Å². The third-order valence-corrected chi connectivity index (χ3v) is 10.6. The molecule has 6 N–H and O–H groups in total. The van der Waals surface area contributed by atoms with Gasteiger partial charge >= 0.3 is 5.97 Å². The fourth-order valence-corrected chi connectivity index (χ4v) is 7.57. The Kier molecular flexibility index (Phi) is 13.2. The molecule has 2 saturated heterocycles. The van der Waals surface area contributed by atoms with Crippen molar-refractivity contribution in [2.75, 3.05) is 14.2 Å². The molecular formula is C38H52O16.